The Bertz CT molecular complexity index is 836. The monoisotopic (exact) mass is 412 g/mol. The predicted octanol–water partition coefficient (Wildman–Crippen LogP) is 5.35. The number of aryl methyl sites for hydroxylation is 1. The first-order chi connectivity index (χ1) is 12.6. The van der Waals surface area contributed by atoms with Crippen LogP contribution in [0.1, 0.15) is 30.9 Å². The molecular weight excluding hydrogens is 392 g/mol. The molecule has 0 aliphatic rings. The van der Waals surface area contributed by atoms with Gasteiger partial charge in [0.2, 0.25) is 0 Å². The third-order valence-electron chi connectivity index (χ3n) is 3.89. The highest BCUT2D eigenvalue weighted by Crippen LogP contribution is 2.25. The number of carbonyl (C=O) groups is 1. The van der Waals surface area contributed by atoms with Crippen molar-refractivity contribution in [2.24, 2.45) is 0 Å². The molecule has 0 aromatic heterocycles. The Hall–Kier alpha value is -2.58. The lowest BCUT2D eigenvalue weighted by molar-refractivity contribution is -0.112. The number of methoxy groups -OCH3 is 1. The van der Waals surface area contributed by atoms with Crippen LogP contribution in [0.15, 0.2) is 52.5 Å². The Morgan fingerprint density at radius 2 is 2.00 bits per heavy atom. The van der Waals surface area contributed by atoms with E-state index in [2.05, 4.69) is 28.2 Å². The minimum atomic E-state index is -0.448. The molecule has 0 fully saturated rings. The second-order valence-electron chi connectivity index (χ2n) is 5.81. The summed E-state index contributed by atoms with van der Waals surface area (Å²) in [5, 5.41) is 12.1. The van der Waals surface area contributed by atoms with Gasteiger partial charge < -0.3 is 10.1 Å². The molecule has 1 N–H and O–H groups in total. The van der Waals surface area contributed by atoms with Gasteiger partial charge >= 0.3 is 0 Å². The zero-order valence-electron chi connectivity index (χ0n) is 14.9. The van der Waals surface area contributed by atoms with E-state index in [-0.39, 0.29) is 5.57 Å². The Morgan fingerprint density at radius 3 is 2.62 bits per heavy atom. The zero-order valence-corrected chi connectivity index (χ0v) is 16.5. The highest BCUT2D eigenvalue weighted by atomic mass is 79.9. The van der Waals surface area contributed by atoms with Gasteiger partial charge in [-0.2, -0.15) is 5.26 Å². The number of nitrogens with zero attached hydrogens (tertiary/aromatic N) is 1. The van der Waals surface area contributed by atoms with Crippen LogP contribution in [0.5, 0.6) is 5.75 Å². The van der Waals surface area contributed by atoms with Gasteiger partial charge in [-0.25, -0.2) is 0 Å². The summed E-state index contributed by atoms with van der Waals surface area (Å²) in [6.45, 7) is 2.16. The Kier molecular flexibility index (Phi) is 7.43. The third kappa shape index (κ3) is 5.47. The molecule has 0 unspecified atom stereocenters. The number of halogens is 1. The number of amides is 1. The van der Waals surface area contributed by atoms with Crippen molar-refractivity contribution in [3.63, 3.8) is 0 Å². The number of rotatable bonds is 7. The van der Waals surface area contributed by atoms with Gasteiger partial charge in [-0.3, -0.25) is 4.79 Å². The van der Waals surface area contributed by atoms with E-state index < -0.39 is 5.91 Å². The van der Waals surface area contributed by atoms with Gasteiger partial charge in [-0.05, 0) is 54.8 Å². The molecule has 5 heteroatoms. The Labute approximate surface area is 162 Å². The molecule has 0 aliphatic carbocycles. The molecule has 0 aliphatic heterocycles. The molecule has 134 valence electrons. The molecule has 0 atom stereocenters. The average Bonchev–Trinajstić information content (AvgIpc) is 2.65. The number of ether oxygens (including phenoxy) is 1. The summed E-state index contributed by atoms with van der Waals surface area (Å²) in [5.74, 6) is 0.143. The molecule has 26 heavy (non-hydrogen) atoms. The van der Waals surface area contributed by atoms with E-state index in [4.69, 9.17) is 4.74 Å². The quantitative estimate of drug-likeness (QED) is 0.492. The fraction of sp³-hybridized carbons (Fsp3) is 0.238. The number of hydrogen-bond acceptors (Lipinski definition) is 3. The maximum absolute atomic E-state index is 12.4. The number of carbonyl (C=O) groups excluding carboxylic acids is 1. The molecule has 2 aromatic rings. The van der Waals surface area contributed by atoms with Crippen LogP contribution >= 0.6 is 15.9 Å². The normalized spacial score (nSPS) is 10.9. The highest BCUT2D eigenvalue weighted by molar-refractivity contribution is 9.10. The lowest BCUT2D eigenvalue weighted by Crippen LogP contribution is -2.13. The van der Waals surface area contributed by atoms with Crippen molar-refractivity contribution in [2.75, 3.05) is 12.4 Å². The predicted molar refractivity (Wildman–Crippen MR) is 108 cm³/mol. The number of nitrogens with one attached hydrogen (secondary N) is 1. The fourth-order valence-electron chi connectivity index (χ4n) is 2.46. The molecule has 0 radical (unpaired) electrons. The second-order valence-corrected chi connectivity index (χ2v) is 6.73. The van der Waals surface area contributed by atoms with E-state index in [0.717, 1.165) is 23.7 Å². The lowest BCUT2D eigenvalue weighted by Gasteiger charge is -2.08. The molecular formula is C21H21BrN2O2. The van der Waals surface area contributed by atoms with Crippen molar-refractivity contribution in [1.82, 2.24) is 0 Å². The van der Waals surface area contributed by atoms with Crippen molar-refractivity contribution in [3.05, 3.63) is 63.6 Å². The van der Waals surface area contributed by atoms with Crippen LogP contribution in [0.2, 0.25) is 0 Å². The smallest absolute Gasteiger partial charge is 0.266 e. The van der Waals surface area contributed by atoms with Crippen molar-refractivity contribution >= 4 is 33.6 Å². The van der Waals surface area contributed by atoms with Crippen molar-refractivity contribution in [3.8, 4) is 11.8 Å². The van der Waals surface area contributed by atoms with Crippen molar-refractivity contribution in [2.45, 2.75) is 26.2 Å². The van der Waals surface area contributed by atoms with E-state index in [1.807, 2.05) is 36.4 Å². The largest absolute Gasteiger partial charge is 0.496 e. The maximum atomic E-state index is 12.4. The first-order valence-corrected chi connectivity index (χ1v) is 9.22. The SMILES string of the molecule is CCCCc1ccc(NC(=O)/C(C#N)=C/c2cc(Br)ccc2OC)cc1. The van der Waals surface area contributed by atoms with Gasteiger partial charge in [-0.15, -0.1) is 0 Å². The topological polar surface area (TPSA) is 62.1 Å². The standard InChI is InChI=1S/C21H21BrN2O2/c1-3-4-5-15-6-9-19(10-7-15)24-21(25)17(14-23)12-16-13-18(22)8-11-20(16)26-2/h6-13H,3-5H2,1-2H3,(H,24,25)/b17-12+. The molecule has 0 heterocycles. The lowest BCUT2D eigenvalue weighted by atomic mass is 10.1. The summed E-state index contributed by atoms with van der Waals surface area (Å²) >= 11 is 3.38. The molecule has 0 saturated carbocycles. The summed E-state index contributed by atoms with van der Waals surface area (Å²) < 4.78 is 6.12. The van der Waals surface area contributed by atoms with Gasteiger partial charge in [0.25, 0.3) is 5.91 Å². The Balaban J connectivity index is 2.16. The molecule has 0 spiro atoms. The fourth-order valence-corrected chi connectivity index (χ4v) is 2.83. The first kappa shape index (κ1) is 19.7. The summed E-state index contributed by atoms with van der Waals surface area (Å²) in [6, 6.07) is 15.1. The summed E-state index contributed by atoms with van der Waals surface area (Å²) in [4.78, 5) is 12.4. The highest BCUT2D eigenvalue weighted by Gasteiger charge is 2.11. The van der Waals surface area contributed by atoms with Crippen LogP contribution < -0.4 is 10.1 Å². The van der Waals surface area contributed by atoms with Crippen LogP contribution in [0, 0.1) is 11.3 Å². The van der Waals surface area contributed by atoms with Crippen LogP contribution in [-0.4, -0.2) is 13.0 Å². The number of unbranched alkanes of at least 4 members (excludes halogenated alkanes) is 1. The third-order valence-corrected chi connectivity index (χ3v) is 4.38. The van der Waals surface area contributed by atoms with E-state index >= 15 is 0 Å². The summed E-state index contributed by atoms with van der Waals surface area (Å²) in [5.41, 5.74) is 2.57. The minimum absolute atomic E-state index is 0.0106. The summed E-state index contributed by atoms with van der Waals surface area (Å²) in [6.07, 6.45) is 4.83. The van der Waals surface area contributed by atoms with E-state index in [1.54, 1.807) is 19.2 Å². The number of benzene rings is 2. The van der Waals surface area contributed by atoms with E-state index in [9.17, 15) is 10.1 Å². The van der Waals surface area contributed by atoms with E-state index in [1.165, 1.54) is 11.6 Å². The van der Waals surface area contributed by atoms with Crippen LogP contribution in [0.3, 0.4) is 0 Å². The Morgan fingerprint density at radius 1 is 1.27 bits per heavy atom. The number of hydrogen-bond donors (Lipinski definition) is 1. The second kappa shape index (κ2) is 9.79. The van der Waals surface area contributed by atoms with Crippen LogP contribution in [0.4, 0.5) is 5.69 Å². The minimum Gasteiger partial charge on any atom is -0.496 e. The van der Waals surface area contributed by atoms with Gasteiger partial charge in [0.05, 0.1) is 7.11 Å². The number of anilines is 1. The van der Waals surface area contributed by atoms with Gasteiger partial charge in [0.1, 0.15) is 17.4 Å². The van der Waals surface area contributed by atoms with Crippen molar-refractivity contribution in [1.29, 1.82) is 5.26 Å². The summed E-state index contributed by atoms with van der Waals surface area (Å²) in [7, 11) is 1.55. The van der Waals surface area contributed by atoms with Gasteiger partial charge in [0, 0.05) is 15.7 Å². The van der Waals surface area contributed by atoms with E-state index in [0.29, 0.717) is 17.0 Å². The molecule has 2 aromatic carbocycles. The zero-order chi connectivity index (χ0) is 18.9. The molecule has 0 bridgehead atoms. The number of nitriles is 1. The molecule has 1 amide bonds. The molecule has 0 saturated heterocycles. The van der Waals surface area contributed by atoms with Gasteiger partial charge in [-0.1, -0.05) is 41.4 Å². The molecule has 4 nitrogen and oxygen atoms in total. The maximum Gasteiger partial charge on any atom is 0.266 e. The average molecular weight is 413 g/mol. The van der Waals surface area contributed by atoms with Crippen LogP contribution in [0.25, 0.3) is 6.08 Å². The first-order valence-electron chi connectivity index (χ1n) is 8.43. The molecule has 2 rings (SSSR count). The van der Waals surface area contributed by atoms with Crippen molar-refractivity contribution < 1.29 is 9.53 Å². The van der Waals surface area contributed by atoms with Crippen LogP contribution in [-0.2, 0) is 11.2 Å². The van der Waals surface area contributed by atoms with Gasteiger partial charge in [0.15, 0.2) is 0 Å².